The van der Waals surface area contributed by atoms with Gasteiger partial charge in [0.05, 0.1) is 5.69 Å². The highest BCUT2D eigenvalue weighted by Crippen LogP contribution is 2.18. The summed E-state index contributed by atoms with van der Waals surface area (Å²) in [6.07, 6.45) is 3.19. The van der Waals surface area contributed by atoms with Crippen LogP contribution in [0.4, 0.5) is 0 Å². The van der Waals surface area contributed by atoms with Crippen LogP contribution in [0.5, 0.6) is 0 Å². The van der Waals surface area contributed by atoms with Crippen LogP contribution in [0.3, 0.4) is 0 Å². The lowest BCUT2D eigenvalue weighted by Crippen LogP contribution is -2.38. The SMILES string of the molecule is CCCNC(=NC)N(C)Cc1cn(C)nc1C(C)C.I. The van der Waals surface area contributed by atoms with Crippen molar-refractivity contribution in [3.05, 3.63) is 17.5 Å². The van der Waals surface area contributed by atoms with Crippen molar-refractivity contribution in [1.29, 1.82) is 0 Å². The minimum absolute atomic E-state index is 0. The molecule has 0 spiro atoms. The Hall–Kier alpha value is -0.790. The summed E-state index contributed by atoms with van der Waals surface area (Å²) in [7, 11) is 5.85. The molecule has 1 aromatic heterocycles. The second-order valence-electron chi connectivity index (χ2n) is 5.20. The number of aliphatic imine (C=N–C) groups is 1. The van der Waals surface area contributed by atoms with Crippen LogP contribution < -0.4 is 5.32 Å². The van der Waals surface area contributed by atoms with Crippen LogP contribution in [0, 0.1) is 0 Å². The van der Waals surface area contributed by atoms with Gasteiger partial charge in [0, 0.05) is 46.0 Å². The number of aryl methyl sites for hydroxylation is 1. The second-order valence-corrected chi connectivity index (χ2v) is 5.20. The smallest absolute Gasteiger partial charge is 0.193 e. The molecule has 1 rings (SSSR count). The van der Waals surface area contributed by atoms with E-state index < -0.39 is 0 Å². The maximum Gasteiger partial charge on any atom is 0.193 e. The molecule has 0 aliphatic carbocycles. The number of hydrogen-bond donors (Lipinski definition) is 1. The minimum atomic E-state index is 0. The fourth-order valence-electron chi connectivity index (χ4n) is 2.11. The van der Waals surface area contributed by atoms with E-state index in [0.29, 0.717) is 5.92 Å². The summed E-state index contributed by atoms with van der Waals surface area (Å²) < 4.78 is 1.89. The summed E-state index contributed by atoms with van der Waals surface area (Å²) in [6, 6.07) is 0. The normalized spacial score (nSPS) is 11.4. The monoisotopic (exact) mass is 393 g/mol. The molecule has 0 bridgehead atoms. The van der Waals surface area contributed by atoms with Gasteiger partial charge in [-0.2, -0.15) is 5.10 Å². The molecule has 116 valence electrons. The molecule has 0 saturated heterocycles. The van der Waals surface area contributed by atoms with Crippen molar-refractivity contribution in [2.75, 3.05) is 20.6 Å². The van der Waals surface area contributed by atoms with Gasteiger partial charge in [0.1, 0.15) is 0 Å². The third-order valence-electron chi connectivity index (χ3n) is 3.00. The molecule has 0 aliphatic heterocycles. The van der Waals surface area contributed by atoms with Gasteiger partial charge in [-0.3, -0.25) is 9.67 Å². The van der Waals surface area contributed by atoms with Crippen LogP contribution in [0.2, 0.25) is 0 Å². The van der Waals surface area contributed by atoms with Crippen LogP contribution in [-0.4, -0.2) is 41.3 Å². The van der Waals surface area contributed by atoms with E-state index in [1.165, 1.54) is 11.3 Å². The first-order chi connectivity index (χ1) is 8.99. The zero-order valence-electron chi connectivity index (χ0n) is 13.5. The highest BCUT2D eigenvalue weighted by molar-refractivity contribution is 14.0. The summed E-state index contributed by atoms with van der Waals surface area (Å²) in [6.45, 7) is 8.27. The zero-order chi connectivity index (χ0) is 14.4. The second kappa shape index (κ2) is 9.20. The average molecular weight is 393 g/mol. The number of halogens is 1. The topological polar surface area (TPSA) is 45.5 Å². The molecule has 0 fully saturated rings. The maximum absolute atomic E-state index is 4.54. The molecule has 1 N–H and O–H groups in total. The van der Waals surface area contributed by atoms with Crippen LogP contribution in [0.1, 0.15) is 44.4 Å². The third-order valence-corrected chi connectivity index (χ3v) is 3.00. The Kier molecular flexibility index (Phi) is 8.84. The van der Waals surface area contributed by atoms with Gasteiger partial charge in [-0.1, -0.05) is 20.8 Å². The van der Waals surface area contributed by atoms with Gasteiger partial charge >= 0.3 is 0 Å². The van der Waals surface area contributed by atoms with Crippen molar-refractivity contribution in [2.24, 2.45) is 12.0 Å². The van der Waals surface area contributed by atoms with Gasteiger partial charge in [0.25, 0.3) is 0 Å². The van der Waals surface area contributed by atoms with Crippen molar-refractivity contribution in [3.63, 3.8) is 0 Å². The lowest BCUT2D eigenvalue weighted by Gasteiger charge is -2.22. The van der Waals surface area contributed by atoms with Crippen molar-refractivity contribution in [3.8, 4) is 0 Å². The van der Waals surface area contributed by atoms with Crippen molar-refractivity contribution < 1.29 is 0 Å². The van der Waals surface area contributed by atoms with E-state index in [1.807, 2.05) is 18.8 Å². The molecule has 20 heavy (non-hydrogen) atoms. The molecular weight excluding hydrogens is 365 g/mol. The fourth-order valence-corrected chi connectivity index (χ4v) is 2.11. The fraction of sp³-hybridized carbons (Fsp3) is 0.714. The van der Waals surface area contributed by atoms with Crippen molar-refractivity contribution in [2.45, 2.75) is 39.7 Å². The predicted molar refractivity (Wildman–Crippen MR) is 95.8 cm³/mol. The number of rotatable bonds is 5. The Bertz CT molecular complexity index is 425. The molecule has 0 atom stereocenters. The van der Waals surface area contributed by atoms with Gasteiger partial charge in [-0.15, -0.1) is 24.0 Å². The van der Waals surface area contributed by atoms with Gasteiger partial charge in [-0.25, -0.2) is 0 Å². The van der Waals surface area contributed by atoms with E-state index in [4.69, 9.17) is 0 Å². The van der Waals surface area contributed by atoms with E-state index in [-0.39, 0.29) is 24.0 Å². The highest BCUT2D eigenvalue weighted by atomic mass is 127. The molecule has 0 unspecified atom stereocenters. The van der Waals surface area contributed by atoms with Gasteiger partial charge in [-0.05, 0) is 12.3 Å². The van der Waals surface area contributed by atoms with Gasteiger partial charge in [0.2, 0.25) is 0 Å². The molecule has 0 aliphatic rings. The first-order valence-electron chi connectivity index (χ1n) is 6.93. The lowest BCUT2D eigenvalue weighted by molar-refractivity contribution is 0.473. The quantitative estimate of drug-likeness (QED) is 0.475. The van der Waals surface area contributed by atoms with Crippen LogP contribution in [0.15, 0.2) is 11.2 Å². The largest absolute Gasteiger partial charge is 0.356 e. The van der Waals surface area contributed by atoms with E-state index in [2.05, 4.69) is 54.3 Å². The lowest BCUT2D eigenvalue weighted by atomic mass is 10.1. The Morgan fingerprint density at radius 2 is 2.15 bits per heavy atom. The van der Waals surface area contributed by atoms with Gasteiger partial charge < -0.3 is 10.2 Å². The molecule has 0 radical (unpaired) electrons. The van der Waals surface area contributed by atoms with Crippen LogP contribution in [-0.2, 0) is 13.6 Å². The third kappa shape index (κ3) is 5.30. The molecule has 6 heteroatoms. The van der Waals surface area contributed by atoms with E-state index in [9.17, 15) is 0 Å². The van der Waals surface area contributed by atoms with E-state index in [1.54, 1.807) is 0 Å². The number of aromatic nitrogens is 2. The first kappa shape index (κ1) is 19.2. The maximum atomic E-state index is 4.54. The zero-order valence-corrected chi connectivity index (χ0v) is 15.8. The van der Waals surface area contributed by atoms with E-state index in [0.717, 1.165) is 25.5 Å². The summed E-state index contributed by atoms with van der Waals surface area (Å²) in [5.74, 6) is 1.37. The molecule has 1 aromatic rings. The molecular formula is C14H28IN5. The van der Waals surface area contributed by atoms with Crippen molar-refractivity contribution in [1.82, 2.24) is 20.0 Å². The number of nitrogens with one attached hydrogen (secondary N) is 1. The van der Waals surface area contributed by atoms with Gasteiger partial charge in [0.15, 0.2) is 5.96 Å². The molecule has 5 nitrogen and oxygen atoms in total. The average Bonchev–Trinajstić information content (AvgIpc) is 2.71. The number of nitrogens with zero attached hydrogens (tertiary/aromatic N) is 4. The summed E-state index contributed by atoms with van der Waals surface area (Å²) >= 11 is 0. The summed E-state index contributed by atoms with van der Waals surface area (Å²) in [5, 5.41) is 7.88. The molecule has 0 saturated carbocycles. The Morgan fingerprint density at radius 1 is 1.50 bits per heavy atom. The Morgan fingerprint density at radius 3 is 2.65 bits per heavy atom. The minimum Gasteiger partial charge on any atom is -0.356 e. The van der Waals surface area contributed by atoms with Crippen molar-refractivity contribution >= 4 is 29.9 Å². The molecule has 0 aromatic carbocycles. The summed E-state index contributed by atoms with van der Waals surface area (Å²) in [5.41, 5.74) is 2.43. The summed E-state index contributed by atoms with van der Waals surface area (Å²) in [4.78, 5) is 6.44. The Balaban J connectivity index is 0.00000361. The molecule has 0 amide bonds. The predicted octanol–water partition coefficient (Wildman–Crippen LogP) is 2.58. The first-order valence-corrected chi connectivity index (χ1v) is 6.93. The highest BCUT2D eigenvalue weighted by Gasteiger charge is 2.14. The standard InChI is InChI=1S/C14H27N5.HI/c1-7-8-16-14(15-4)18(5)9-12-10-19(6)17-13(12)11(2)3;/h10-11H,7-9H2,1-6H3,(H,15,16);1H. The van der Waals surface area contributed by atoms with E-state index >= 15 is 0 Å². The number of hydrogen-bond acceptors (Lipinski definition) is 2. The van der Waals surface area contributed by atoms with Crippen LogP contribution in [0.25, 0.3) is 0 Å². The molecule has 1 heterocycles. The number of guanidine groups is 1. The Labute approximate surface area is 139 Å². The van der Waals surface area contributed by atoms with Crippen LogP contribution >= 0.6 is 24.0 Å².